The third-order valence-electron chi connectivity index (χ3n) is 4.57. The fourth-order valence-electron chi connectivity index (χ4n) is 3.23. The van der Waals surface area contributed by atoms with Crippen molar-refractivity contribution in [3.63, 3.8) is 0 Å². The van der Waals surface area contributed by atoms with Crippen molar-refractivity contribution in [1.29, 1.82) is 0 Å². The first-order chi connectivity index (χ1) is 13.1. The van der Waals surface area contributed by atoms with E-state index < -0.39 is 12.1 Å². The molecule has 0 unspecified atom stereocenters. The second kappa shape index (κ2) is 7.52. The first kappa shape index (κ1) is 17.7. The molecule has 0 saturated heterocycles. The molecule has 2 heterocycles. The van der Waals surface area contributed by atoms with Crippen molar-refractivity contribution in [1.82, 2.24) is 9.38 Å². The zero-order chi connectivity index (χ0) is 18.8. The number of hydrogen-bond donors (Lipinski definition) is 0. The number of aromatic nitrogens is 2. The van der Waals surface area contributed by atoms with E-state index in [1.807, 2.05) is 18.2 Å². The maximum atomic E-state index is 12.5. The van der Waals surface area contributed by atoms with Gasteiger partial charge in [-0.2, -0.15) is 0 Å². The molecule has 140 valence electrons. The minimum Gasteiger partial charge on any atom is -0.479 e. The quantitative estimate of drug-likeness (QED) is 0.632. The molecule has 0 saturated carbocycles. The third kappa shape index (κ3) is 3.73. The van der Waals surface area contributed by atoms with E-state index in [0.717, 1.165) is 31.4 Å². The fraction of sp³-hybridized carbons (Fsp3) is 0.350. The van der Waals surface area contributed by atoms with Crippen LogP contribution < -0.4 is 10.3 Å². The minimum atomic E-state index is -0.744. The lowest BCUT2D eigenvalue weighted by Gasteiger charge is -2.13. The molecule has 0 fully saturated rings. The van der Waals surface area contributed by atoms with Crippen molar-refractivity contribution < 1.29 is 14.3 Å². The van der Waals surface area contributed by atoms with Gasteiger partial charge < -0.3 is 9.47 Å². The summed E-state index contributed by atoms with van der Waals surface area (Å²) >= 11 is 1.56. The number of ether oxygens (including phenoxy) is 2. The molecule has 6 nitrogen and oxygen atoms in total. The van der Waals surface area contributed by atoms with Gasteiger partial charge in [-0.3, -0.25) is 9.20 Å². The average Bonchev–Trinajstić information content (AvgIpc) is 3.05. The summed E-state index contributed by atoms with van der Waals surface area (Å²) in [6.45, 7) is 1.59. The van der Waals surface area contributed by atoms with Gasteiger partial charge in [-0.1, -0.05) is 18.2 Å². The molecule has 27 heavy (non-hydrogen) atoms. The molecule has 0 spiro atoms. The van der Waals surface area contributed by atoms with Gasteiger partial charge in [-0.15, -0.1) is 11.3 Å². The number of rotatable bonds is 5. The Kier molecular flexibility index (Phi) is 4.94. The lowest BCUT2D eigenvalue weighted by Crippen LogP contribution is -2.26. The predicted molar refractivity (Wildman–Crippen MR) is 102 cm³/mol. The third-order valence-corrected chi connectivity index (χ3v) is 5.71. The summed E-state index contributed by atoms with van der Waals surface area (Å²) < 4.78 is 12.6. The van der Waals surface area contributed by atoms with Crippen LogP contribution >= 0.6 is 11.3 Å². The van der Waals surface area contributed by atoms with Crippen molar-refractivity contribution in [2.75, 3.05) is 0 Å². The summed E-state index contributed by atoms with van der Waals surface area (Å²) in [6.07, 6.45) is 3.43. The van der Waals surface area contributed by atoms with Crippen LogP contribution in [0.2, 0.25) is 0 Å². The Hall–Kier alpha value is -2.67. The Balaban J connectivity index is 1.46. The van der Waals surface area contributed by atoms with Crippen LogP contribution in [-0.2, 0) is 29.0 Å². The van der Waals surface area contributed by atoms with Gasteiger partial charge >= 0.3 is 5.97 Å². The van der Waals surface area contributed by atoms with E-state index in [1.54, 1.807) is 34.8 Å². The van der Waals surface area contributed by atoms with E-state index in [0.29, 0.717) is 16.4 Å². The molecule has 0 N–H and O–H groups in total. The molecule has 1 atom stereocenters. The molecule has 0 aliphatic heterocycles. The Morgan fingerprint density at radius 3 is 2.85 bits per heavy atom. The first-order valence-electron chi connectivity index (χ1n) is 9.03. The summed E-state index contributed by atoms with van der Waals surface area (Å²) in [5.41, 5.74) is 1.44. The number of nitrogens with zero attached hydrogens (tertiary/aromatic N) is 2. The van der Waals surface area contributed by atoms with Gasteiger partial charge in [0.15, 0.2) is 11.1 Å². The first-order valence-corrected chi connectivity index (χ1v) is 9.85. The SMILES string of the molecule is C[C@H](Oc1ccccc1)C(=O)OCc1cc(=O)n2c3c(sc2n1)CCCC3. The lowest BCUT2D eigenvalue weighted by molar-refractivity contribution is -0.152. The van der Waals surface area contributed by atoms with Gasteiger partial charge in [0, 0.05) is 16.6 Å². The smallest absolute Gasteiger partial charge is 0.347 e. The van der Waals surface area contributed by atoms with Crippen molar-refractivity contribution in [2.45, 2.75) is 45.3 Å². The number of thiazole rings is 1. The molecule has 0 amide bonds. The Bertz CT molecular complexity index is 1030. The number of hydrogen-bond acceptors (Lipinski definition) is 6. The Morgan fingerprint density at radius 2 is 2.04 bits per heavy atom. The molecular weight excluding hydrogens is 364 g/mol. The topological polar surface area (TPSA) is 69.9 Å². The second-order valence-electron chi connectivity index (χ2n) is 6.56. The predicted octanol–water partition coefficient (Wildman–Crippen LogP) is 3.15. The van der Waals surface area contributed by atoms with Crippen LogP contribution in [0.15, 0.2) is 41.2 Å². The molecule has 1 aliphatic carbocycles. The molecular formula is C20H20N2O4S. The van der Waals surface area contributed by atoms with Crippen LogP contribution in [0.25, 0.3) is 4.96 Å². The van der Waals surface area contributed by atoms with Crippen molar-refractivity contribution in [3.8, 4) is 5.75 Å². The number of carbonyl (C=O) groups is 1. The number of carbonyl (C=O) groups excluding carboxylic acids is 1. The van der Waals surface area contributed by atoms with Crippen LogP contribution in [0.1, 0.15) is 36.0 Å². The zero-order valence-corrected chi connectivity index (χ0v) is 15.8. The highest BCUT2D eigenvalue weighted by Crippen LogP contribution is 2.28. The number of aryl methyl sites for hydroxylation is 2. The highest BCUT2D eigenvalue weighted by Gasteiger charge is 2.20. The Labute approximate surface area is 160 Å². The largest absolute Gasteiger partial charge is 0.479 e. The van der Waals surface area contributed by atoms with Crippen molar-refractivity contribution in [2.24, 2.45) is 0 Å². The van der Waals surface area contributed by atoms with Crippen LogP contribution in [0, 0.1) is 0 Å². The summed E-state index contributed by atoms with van der Waals surface area (Å²) in [4.78, 5) is 31.1. The fourth-order valence-corrected chi connectivity index (χ4v) is 4.46. The van der Waals surface area contributed by atoms with E-state index in [1.165, 1.54) is 10.9 Å². The van der Waals surface area contributed by atoms with E-state index >= 15 is 0 Å². The van der Waals surface area contributed by atoms with Crippen LogP contribution in [-0.4, -0.2) is 21.5 Å². The molecule has 0 radical (unpaired) electrons. The van der Waals surface area contributed by atoms with Crippen LogP contribution in [0.5, 0.6) is 5.75 Å². The number of benzene rings is 1. The van der Waals surface area contributed by atoms with Gasteiger partial charge in [0.25, 0.3) is 5.56 Å². The van der Waals surface area contributed by atoms with Crippen molar-refractivity contribution in [3.05, 3.63) is 63.0 Å². The highest BCUT2D eigenvalue weighted by molar-refractivity contribution is 7.17. The monoisotopic (exact) mass is 384 g/mol. The summed E-state index contributed by atoms with van der Waals surface area (Å²) in [5.74, 6) is 0.107. The number of esters is 1. The molecule has 2 aromatic heterocycles. The molecule has 1 aromatic carbocycles. The van der Waals surface area contributed by atoms with Gasteiger partial charge in [0.2, 0.25) is 0 Å². The molecule has 0 bridgehead atoms. The van der Waals surface area contributed by atoms with Gasteiger partial charge in [0.05, 0.1) is 5.69 Å². The second-order valence-corrected chi connectivity index (χ2v) is 7.63. The van der Waals surface area contributed by atoms with Gasteiger partial charge in [-0.25, -0.2) is 9.78 Å². The zero-order valence-electron chi connectivity index (χ0n) is 15.0. The normalized spacial score (nSPS) is 14.6. The molecule has 4 rings (SSSR count). The van der Waals surface area contributed by atoms with Crippen LogP contribution in [0.4, 0.5) is 0 Å². The average molecular weight is 384 g/mol. The Morgan fingerprint density at radius 1 is 1.26 bits per heavy atom. The number of para-hydroxylation sites is 1. The molecule has 7 heteroatoms. The van der Waals surface area contributed by atoms with E-state index in [9.17, 15) is 9.59 Å². The number of fused-ring (bicyclic) bond motifs is 3. The van der Waals surface area contributed by atoms with Gasteiger partial charge in [0.1, 0.15) is 12.4 Å². The minimum absolute atomic E-state index is 0.0460. The van der Waals surface area contributed by atoms with E-state index in [-0.39, 0.29) is 12.2 Å². The standard InChI is InChI=1S/C20H20N2O4S/c1-13(26-15-7-3-2-4-8-15)19(24)25-12-14-11-18(23)22-16-9-5-6-10-17(16)27-20(22)21-14/h2-4,7-8,11,13H,5-6,9-10,12H2,1H3/t13-/m0/s1. The summed E-state index contributed by atoms with van der Waals surface area (Å²) in [5, 5.41) is 0. The maximum Gasteiger partial charge on any atom is 0.347 e. The van der Waals surface area contributed by atoms with E-state index in [2.05, 4.69) is 4.98 Å². The van der Waals surface area contributed by atoms with Crippen LogP contribution in [0.3, 0.4) is 0 Å². The summed E-state index contributed by atoms with van der Waals surface area (Å²) in [7, 11) is 0. The molecule has 1 aliphatic rings. The highest BCUT2D eigenvalue weighted by atomic mass is 32.1. The van der Waals surface area contributed by atoms with Crippen molar-refractivity contribution >= 4 is 22.3 Å². The summed E-state index contributed by atoms with van der Waals surface area (Å²) in [6, 6.07) is 10.5. The maximum absolute atomic E-state index is 12.5. The van der Waals surface area contributed by atoms with Gasteiger partial charge in [-0.05, 0) is 44.7 Å². The lowest BCUT2D eigenvalue weighted by atomic mass is 10.0. The van der Waals surface area contributed by atoms with E-state index in [4.69, 9.17) is 9.47 Å². The molecule has 3 aromatic rings.